The van der Waals surface area contributed by atoms with Gasteiger partial charge in [0.05, 0.1) is 11.1 Å². The second-order valence-electron chi connectivity index (χ2n) is 5.86. The van der Waals surface area contributed by atoms with Gasteiger partial charge in [-0.1, -0.05) is 38.4 Å². The molecule has 0 heterocycles. The molecule has 0 aliphatic carbocycles. The summed E-state index contributed by atoms with van der Waals surface area (Å²) in [5.74, 6) is -0.407. The van der Waals surface area contributed by atoms with Crippen LogP contribution in [0.15, 0.2) is 18.2 Å². The Kier molecular flexibility index (Phi) is 5.78. The molecule has 0 radical (unpaired) electrons. The van der Waals surface area contributed by atoms with Crippen LogP contribution in [-0.4, -0.2) is 18.8 Å². The van der Waals surface area contributed by atoms with E-state index in [4.69, 9.17) is 22.1 Å². The summed E-state index contributed by atoms with van der Waals surface area (Å²) in [6.07, 6.45) is 0.493. The molecule has 0 aromatic heterocycles. The van der Waals surface area contributed by atoms with Crippen molar-refractivity contribution in [1.29, 1.82) is 0 Å². The normalized spacial score (nSPS) is 15.3. The average Bonchev–Trinajstić information content (AvgIpc) is 2.29. The molecule has 0 bridgehead atoms. The fraction of sp³-hybridized carbons (Fsp3) is 0.600. The topological polar surface area (TPSA) is 35.2 Å². The molecule has 2 nitrogen and oxygen atoms in total. The third-order valence-electron chi connectivity index (χ3n) is 3.04. The standard InChI is InChI=1S/C15H23ClFNO/c1-5-19-14(15(2,3)4)13(18)9-10-6-7-11(16)12(17)8-10/h6-8,13-14H,5,9,18H2,1-4H3. The van der Waals surface area contributed by atoms with Crippen LogP contribution in [-0.2, 0) is 11.2 Å². The van der Waals surface area contributed by atoms with E-state index in [1.807, 2.05) is 6.92 Å². The number of halogens is 2. The molecule has 19 heavy (non-hydrogen) atoms. The van der Waals surface area contributed by atoms with Gasteiger partial charge < -0.3 is 10.5 Å². The highest BCUT2D eigenvalue weighted by atomic mass is 35.5. The minimum atomic E-state index is -0.407. The van der Waals surface area contributed by atoms with Gasteiger partial charge in [0.25, 0.3) is 0 Å². The molecule has 2 N–H and O–H groups in total. The molecule has 2 atom stereocenters. The Hall–Kier alpha value is -0.640. The lowest BCUT2D eigenvalue weighted by Gasteiger charge is -2.35. The molecule has 0 fully saturated rings. The van der Waals surface area contributed by atoms with Crippen molar-refractivity contribution in [3.05, 3.63) is 34.6 Å². The number of ether oxygens (including phenoxy) is 1. The van der Waals surface area contributed by atoms with Gasteiger partial charge in [0.15, 0.2) is 0 Å². The molecule has 0 amide bonds. The Morgan fingerprint density at radius 1 is 1.37 bits per heavy atom. The summed E-state index contributed by atoms with van der Waals surface area (Å²) >= 11 is 5.67. The van der Waals surface area contributed by atoms with Gasteiger partial charge in [-0.25, -0.2) is 4.39 Å². The van der Waals surface area contributed by atoms with Gasteiger partial charge in [-0.2, -0.15) is 0 Å². The van der Waals surface area contributed by atoms with E-state index in [2.05, 4.69) is 20.8 Å². The number of nitrogens with two attached hydrogens (primary N) is 1. The zero-order valence-corrected chi connectivity index (χ0v) is 12.8. The summed E-state index contributed by atoms with van der Waals surface area (Å²) in [6, 6.07) is 4.62. The van der Waals surface area contributed by atoms with Gasteiger partial charge in [0, 0.05) is 12.6 Å². The smallest absolute Gasteiger partial charge is 0.142 e. The van der Waals surface area contributed by atoms with Crippen LogP contribution in [0.1, 0.15) is 33.3 Å². The first kappa shape index (κ1) is 16.4. The Morgan fingerprint density at radius 2 is 2.00 bits per heavy atom. The maximum atomic E-state index is 13.4. The maximum absolute atomic E-state index is 13.4. The Morgan fingerprint density at radius 3 is 2.47 bits per heavy atom. The number of hydrogen-bond donors (Lipinski definition) is 1. The molecular formula is C15H23ClFNO. The zero-order chi connectivity index (χ0) is 14.6. The van der Waals surface area contributed by atoms with E-state index in [0.717, 1.165) is 5.56 Å². The van der Waals surface area contributed by atoms with Crippen molar-refractivity contribution < 1.29 is 9.13 Å². The number of benzene rings is 1. The lowest BCUT2D eigenvalue weighted by atomic mass is 9.82. The van der Waals surface area contributed by atoms with Crippen molar-refractivity contribution >= 4 is 11.6 Å². The van der Waals surface area contributed by atoms with Crippen LogP contribution in [0.2, 0.25) is 5.02 Å². The van der Waals surface area contributed by atoms with Crippen LogP contribution < -0.4 is 5.73 Å². The van der Waals surface area contributed by atoms with Crippen molar-refractivity contribution in [3.63, 3.8) is 0 Å². The van der Waals surface area contributed by atoms with Crippen LogP contribution in [0.4, 0.5) is 4.39 Å². The Labute approximate surface area is 120 Å². The van der Waals surface area contributed by atoms with Crippen molar-refractivity contribution in [2.45, 2.75) is 46.3 Å². The lowest BCUT2D eigenvalue weighted by molar-refractivity contribution is -0.0274. The first-order chi connectivity index (χ1) is 8.75. The summed E-state index contributed by atoms with van der Waals surface area (Å²) in [6.45, 7) is 8.85. The Bertz CT molecular complexity index is 417. The van der Waals surface area contributed by atoms with E-state index >= 15 is 0 Å². The SMILES string of the molecule is CCOC(C(N)Cc1ccc(Cl)c(F)c1)C(C)(C)C. The first-order valence-electron chi connectivity index (χ1n) is 6.56. The van der Waals surface area contributed by atoms with Gasteiger partial charge in [-0.05, 0) is 36.5 Å². The highest BCUT2D eigenvalue weighted by molar-refractivity contribution is 6.30. The molecule has 0 aliphatic rings. The Balaban J connectivity index is 2.81. The summed E-state index contributed by atoms with van der Waals surface area (Å²) in [7, 11) is 0. The highest BCUT2D eigenvalue weighted by Gasteiger charge is 2.30. The molecule has 1 rings (SSSR count). The number of hydrogen-bond acceptors (Lipinski definition) is 2. The summed E-state index contributed by atoms with van der Waals surface area (Å²) in [5.41, 5.74) is 7.01. The largest absolute Gasteiger partial charge is 0.376 e. The molecule has 0 saturated carbocycles. The summed E-state index contributed by atoms with van der Waals surface area (Å²) in [4.78, 5) is 0. The molecule has 0 saturated heterocycles. The molecule has 4 heteroatoms. The van der Waals surface area contributed by atoms with Crippen molar-refractivity contribution in [2.24, 2.45) is 11.1 Å². The van der Waals surface area contributed by atoms with E-state index in [0.29, 0.717) is 13.0 Å². The molecule has 0 aliphatic heterocycles. The second kappa shape index (κ2) is 6.69. The van der Waals surface area contributed by atoms with Gasteiger partial charge in [0.2, 0.25) is 0 Å². The minimum Gasteiger partial charge on any atom is -0.376 e. The van der Waals surface area contributed by atoms with Crippen LogP contribution in [0.3, 0.4) is 0 Å². The van der Waals surface area contributed by atoms with Crippen molar-refractivity contribution in [1.82, 2.24) is 0 Å². The first-order valence-corrected chi connectivity index (χ1v) is 6.94. The van der Waals surface area contributed by atoms with Gasteiger partial charge in [0.1, 0.15) is 5.82 Å². The van der Waals surface area contributed by atoms with Gasteiger partial charge >= 0.3 is 0 Å². The maximum Gasteiger partial charge on any atom is 0.142 e. The van der Waals surface area contributed by atoms with Gasteiger partial charge in [-0.3, -0.25) is 0 Å². The third kappa shape index (κ3) is 4.75. The molecular weight excluding hydrogens is 265 g/mol. The van der Waals surface area contributed by atoms with Crippen LogP contribution in [0, 0.1) is 11.2 Å². The van der Waals surface area contributed by atoms with E-state index in [1.165, 1.54) is 6.07 Å². The molecule has 0 spiro atoms. The zero-order valence-electron chi connectivity index (χ0n) is 12.0. The van der Waals surface area contributed by atoms with Crippen LogP contribution >= 0.6 is 11.6 Å². The lowest BCUT2D eigenvalue weighted by Crippen LogP contribution is -2.46. The predicted molar refractivity (Wildman–Crippen MR) is 78.0 cm³/mol. The molecule has 1 aromatic carbocycles. The van der Waals surface area contributed by atoms with E-state index < -0.39 is 5.82 Å². The fourth-order valence-electron chi connectivity index (χ4n) is 2.24. The van der Waals surface area contributed by atoms with Crippen molar-refractivity contribution in [2.75, 3.05) is 6.61 Å². The second-order valence-corrected chi connectivity index (χ2v) is 6.27. The van der Waals surface area contributed by atoms with E-state index in [-0.39, 0.29) is 22.6 Å². The summed E-state index contributed by atoms with van der Waals surface area (Å²) < 4.78 is 19.2. The number of rotatable bonds is 5. The monoisotopic (exact) mass is 287 g/mol. The van der Waals surface area contributed by atoms with Crippen molar-refractivity contribution in [3.8, 4) is 0 Å². The van der Waals surface area contributed by atoms with E-state index in [9.17, 15) is 4.39 Å². The average molecular weight is 288 g/mol. The third-order valence-corrected chi connectivity index (χ3v) is 3.35. The van der Waals surface area contributed by atoms with E-state index in [1.54, 1.807) is 12.1 Å². The summed E-state index contributed by atoms with van der Waals surface area (Å²) in [5, 5.41) is 0.134. The molecule has 2 unspecified atom stereocenters. The van der Waals surface area contributed by atoms with Crippen LogP contribution in [0.25, 0.3) is 0 Å². The van der Waals surface area contributed by atoms with Gasteiger partial charge in [-0.15, -0.1) is 0 Å². The fourth-order valence-corrected chi connectivity index (χ4v) is 2.36. The minimum absolute atomic E-state index is 0.0552. The van der Waals surface area contributed by atoms with Crippen LogP contribution in [0.5, 0.6) is 0 Å². The molecule has 108 valence electrons. The quantitative estimate of drug-likeness (QED) is 0.894. The highest BCUT2D eigenvalue weighted by Crippen LogP contribution is 2.26. The predicted octanol–water partition coefficient (Wildman–Crippen LogP) is 3.80. The molecule has 1 aromatic rings.